The van der Waals surface area contributed by atoms with Gasteiger partial charge in [0, 0.05) is 19.6 Å². The monoisotopic (exact) mass is 314 g/mol. The van der Waals surface area contributed by atoms with Gasteiger partial charge >= 0.3 is 0 Å². The van der Waals surface area contributed by atoms with Crippen LogP contribution in [-0.4, -0.2) is 21.3 Å². The average Bonchev–Trinajstić information content (AvgIpc) is 2.89. The fourth-order valence-electron chi connectivity index (χ4n) is 3.89. The van der Waals surface area contributed by atoms with Crippen LogP contribution in [0.4, 0.5) is 0 Å². The van der Waals surface area contributed by atoms with E-state index in [0.29, 0.717) is 0 Å². The molecule has 1 fully saturated rings. The highest BCUT2D eigenvalue weighted by Gasteiger charge is 2.16. The fraction of sp³-hybridized carbons (Fsp3) is 0.650. The fourth-order valence-corrected chi connectivity index (χ4v) is 3.89. The Labute approximate surface area is 139 Å². The van der Waals surface area contributed by atoms with E-state index in [2.05, 4.69) is 30.5 Å². The maximum atomic E-state index is 9.18. The first-order valence-corrected chi connectivity index (χ1v) is 9.26. The summed E-state index contributed by atoms with van der Waals surface area (Å²) in [5.41, 5.74) is 5.04. The third kappa shape index (κ3) is 3.77. The molecule has 1 aromatic heterocycles. The molecule has 0 radical (unpaired) electrons. The molecule has 0 bridgehead atoms. The van der Waals surface area contributed by atoms with Crippen molar-refractivity contribution in [1.29, 1.82) is 0 Å². The normalized spacial score (nSPS) is 16.3. The van der Waals surface area contributed by atoms with Gasteiger partial charge in [0.1, 0.15) is 5.82 Å². The molecule has 1 N–H and O–H groups in total. The summed E-state index contributed by atoms with van der Waals surface area (Å²) in [4.78, 5) is 4.87. The van der Waals surface area contributed by atoms with Crippen LogP contribution in [0.2, 0.25) is 0 Å². The van der Waals surface area contributed by atoms with Crippen molar-refractivity contribution in [2.24, 2.45) is 5.92 Å². The topological polar surface area (TPSA) is 38.1 Å². The molecular weight excluding hydrogens is 284 g/mol. The van der Waals surface area contributed by atoms with E-state index >= 15 is 0 Å². The van der Waals surface area contributed by atoms with E-state index in [1.54, 1.807) is 0 Å². The van der Waals surface area contributed by atoms with E-state index in [1.165, 1.54) is 55.2 Å². The van der Waals surface area contributed by atoms with Crippen molar-refractivity contribution >= 4 is 11.0 Å². The smallest absolute Gasteiger partial charge is 0.109 e. The third-order valence-electron chi connectivity index (χ3n) is 5.49. The number of benzene rings is 1. The second-order valence-corrected chi connectivity index (χ2v) is 7.22. The van der Waals surface area contributed by atoms with Crippen LogP contribution in [0.25, 0.3) is 11.0 Å². The summed E-state index contributed by atoms with van der Waals surface area (Å²) in [7, 11) is 0. The summed E-state index contributed by atoms with van der Waals surface area (Å²) in [6, 6.07) is 4.51. The molecule has 1 saturated carbocycles. The van der Waals surface area contributed by atoms with E-state index < -0.39 is 0 Å². The van der Waals surface area contributed by atoms with Crippen molar-refractivity contribution in [3.8, 4) is 0 Å². The summed E-state index contributed by atoms with van der Waals surface area (Å²) in [6.45, 7) is 5.65. The molecule has 0 unspecified atom stereocenters. The summed E-state index contributed by atoms with van der Waals surface area (Å²) in [5.74, 6) is 2.04. The summed E-state index contributed by atoms with van der Waals surface area (Å²) >= 11 is 0. The minimum atomic E-state index is 0.240. The van der Waals surface area contributed by atoms with Crippen molar-refractivity contribution in [2.75, 3.05) is 6.61 Å². The Bertz CT molecular complexity index is 653. The van der Waals surface area contributed by atoms with Crippen LogP contribution in [0, 0.1) is 19.8 Å². The Kier molecular flexibility index (Phi) is 5.37. The number of aliphatic hydroxyl groups is 1. The highest BCUT2D eigenvalue weighted by molar-refractivity contribution is 5.78. The van der Waals surface area contributed by atoms with Gasteiger partial charge in [-0.25, -0.2) is 4.98 Å². The minimum Gasteiger partial charge on any atom is -0.396 e. The average molecular weight is 314 g/mol. The first-order valence-electron chi connectivity index (χ1n) is 9.26. The van der Waals surface area contributed by atoms with Crippen molar-refractivity contribution in [1.82, 2.24) is 9.55 Å². The second kappa shape index (κ2) is 7.48. The number of aryl methyl sites for hydroxylation is 4. The number of hydrogen-bond donors (Lipinski definition) is 1. The Balaban J connectivity index is 1.86. The Hall–Kier alpha value is -1.35. The standard InChI is InChI=1S/C20H30N2O/c1-15-13-18-19(14-16(15)2)22(20(21-18)9-6-12-23)11-10-17-7-4-3-5-8-17/h13-14,17,23H,3-12H2,1-2H3. The van der Waals surface area contributed by atoms with E-state index in [0.717, 1.165) is 36.6 Å². The van der Waals surface area contributed by atoms with Crippen LogP contribution in [0.5, 0.6) is 0 Å². The summed E-state index contributed by atoms with van der Waals surface area (Å²) in [5, 5.41) is 9.18. The number of fused-ring (bicyclic) bond motifs is 1. The molecule has 126 valence electrons. The van der Waals surface area contributed by atoms with Crippen molar-refractivity contribution in [3.05, 3.63) is 29.1 Å². The van der Waals surface area contributed by atoms with Crippen LogP contribution in [0.15, 0.2) is 12.1 Å². The molecule has 1 aromatic carbocycles. The Morgan fingerprint density at radius 2 is 1.87 bits per heavy atom. The lowest BCUT2D eigenvalue weighted by molar-refractivity contribution is 0.286. The van der Waals surface area contributed by atoms with Crippen LogP contribution in [0.1, 0.15) is 61.9 Å². The molecular formula is C20H30N2O. The van der Waals surface area contributed by atoms with Crippen LogP contribution < -0.4 is 0 Å². The molecule has 3 heteroatoms. The Morgan fingerprint density at radius 3 is 2.61 bits per heavy atom. The number of aromatic nitrogens is 2. The number of rotatable bonds is 6. The van der Waals surface area contributed by atoms with Crippen molar-refractivity contribution in [2.45, 2.75) is 71.8 Å². The lowest BCUT2D eigenvalue weighted by Gasteiger charge is -2.22. The van der Waals surface area contributed by atoms with Gasteiger partial charge < -0.3 is 9.67 Å². The predicted molar refractivity (Wildman–Crippen MR) is 95.8 cm³/mol. The number of aliphatic hydroxyl groups excluding tert-OH is 1. The minimum absolute atomic E-state index is 0.240. The number of nitrogens with zero attached hydrogens (tertiary/aromatic N) is 2. The third-order valence-corrected chi connectivity index (χ3v) is 5.49. The van der Waals surface area contributed by atoms with Gasteiger partial charge in [0.25, 0.3) is 0 Å². The van der Waals surface area contributed by atoms with Gasteiger partial charge in [-0.15, -0.1) is 0 Å². The van der Waals surface area contributed by atoms with Gasteiger partial charge in [-0.3, -0.25) is 0 Å². The summed E-state index contributed by atoms with van der Waals surface area (Å²) < 4.78 is 2.42. The highest BCUT2D eigenvalue weighted by atomic mass is 16.2. The maximum Gasteiger partial charge on any atom is 0.109 e. The molecule has 3 nitrogen and oxygen atoms in total. The molecule has 0 amide bonds. The maximum absolute atomic E-state index is 9.18. The summed E-state index contributed by atoms with van der Waals surface area (Å²) in [6.07, 6.45) is 9.97. The first kappa shape index (κ1) is 16.5. The van der Waals surface area contributed by atoms with Gasteiger partial charge in [-0.05, 0) is 55.9 Å². The van der Waals surface area contributed by atoms with Crippen molar-refractivity contribution < 1.29 is 5.11 Å². The van der Waals surface area contributed by atoms with E-state index in [-0.39, 0.29) is 6.61 Å². The molecule has 23 heavy (non-hydrogen) atoms. The molecule has 0 atom stereocenters. The molecule has 0 spiro atoms. The molecule has 1 aliphatic carbocycles. The zero-order valence-corrected chi connectivity index (χ0v) is 14.6. The van der Waals surface area contributed by atoms with Gasteiger partial charge in [0.15, 0.2) is 0 Å². The van der Waals surface area contributed by atoms with E-state index in [9.17, 15) is 5.11 Å². The molecule has 2 aromatic rings. The van der Waals surface area contributed by atoms with Gasteiger partial charge in [-0.1, -0.05) is 32.1 Å². The SMILES string of the molecule is Cc1cc2nc(CCCO)n(CCC3CCCCC3)c2cc1C. The molecule has 1 heterocycles. The van der Waals surface area contributed by atoms with Crippen LogP contribution in [0.3, 0.4) is 0 Å². The van der Waals surface area contributed by atoms with Gasteiger partial charge in [0.2, 0.25) is 0 Å². The number of imidazole rings is 1. The van der Waals surface area contributed by atoms with E-state index in [4.69, 9.17) is 4.98 Å². The molecule has 3 rings (SSSR count). The predicted octanol–water partition coefficient (Wildman–Crippen LogP) is 4.55. The zero-order valence-electron chi connectivity index (χ0n) is 14.6. The Morgan fingerprint density at radius 1 is 1.13 bits per heavy atom. The second-order valence-electron chi connectivity index (χ2n) is 7.22. The van der Waals surface area contributed by atoms with E-state index in [1.807, 2.05) is 0 Å². The molecule has 1 aliphatic rings. The van der Waals surface area contributed by atoms with Gasteiger partial charge in [0.05, 0.1) is 11.0 Å². The van der Waals surface area contributed by atoms with Gasteiger partial charge in [-0.2, -0.15) is 0 Å². The zero-order chi connectivity index (χ0) is 16.2. The quantitative estimate of drug-likeness (QED) is 0.849. The first-order chi connectivity index (χ1) is 11.2. The lowest BCUT2D eigenvalue weighted by atomic mass is 9.87. The molecule has 0 saturated heterocycles. The highest BCUT2D eigenvalue weighted by Crippen LogP contribution is 2.28. The molecule has 0 aliphatic heterocycles. The largest absolute Gasteiger partial charge is 0.396 e. The van der Waals surface area contributed by atoms with Crippen molar-refractivity contribution in [3.63, 3.8) is 0 Å². The number of hydrogen-bond acceptors (Lipinski definition) is 2. The lowest BCUT2D eigenvalue weighted by Crippen LogP contribution is -2.12. The van der Waals surface area contributed by atoms with Crippen LogP contribution in [-0.2, 0) is 13.0 Å². The van der Waals surface area contributed by atoms with Crippen LogP contribution >= 0.6 is 0 Å².